The highest BCUT2D eigenvalue weighted by Gasteiger charge is 2.23. The van der Waals surface area contributed by atoms with Crippen LogP contribution in [0.5, 0.6) is 0 Å². The first-order valence-electron chi connectivity index (χ1n) is 13.2. The maximum atomic E-state index is 4.76. The molecule has 1 aromatic heterocycles. The molecule has 0 radical (unpaired) electrons. The first-order chi connectivity index (χ1) is 15.3. The normalized spacial score (nSPS) is 26.6. The van der Waals surface area contributed by atoms with Gasteiger partial charge in [-0.05, 0) is 86.2 Å². The quantitative estimate of drug-likeness (QED) is 0.401. The van der Waals surface area contributed by atoms with Crippen molar-refractivity contribution in [2.75, 3.05) is 0 Å². The number of aromatic nitrogens is 2. The monoisotopic (exact) mass is 418 g/mol. The summed E-state index contributed by atoms with van der Waals surface area (Å²) in [6.07, 6.45) is 22.0. The largest absolute Gasteiger partial charge is 0.236 e. The number of hydrogen-bond acceptors (Lipinski definition) is 2. The summed E-state index contributed by atoms with van der Waals surface area (Å²) in [7, 11) is 0. The smallest absolute Gasteiger partial charge is 0.159 e. The predicted molar refractivity (Wildman–Crippen MR) is 131 cm³/mol. The summed E-state index contributed by atoms with van der Waals surface area (Å²) in [6.45, 7) is 4.64. The van der Waals surface area contributed by atoms with Crippen LogP contribution in [0.15, 0.2) is 36.7 Å². The van der Waals surface area contributed by atoms with Crippen LogP contribution in [0.3, 0.4) is 0 Å². The Kier molecular flexibility index (Phi) is 8.16. The molecule has 2 saturated carbocycles. The minimum absolute atomic E-state index is 0.664. The number of unbranched alkanes of at least 4 members (excludes halogenated alkanes) is 2. The third-order valence-electron chi connectivity index (χ3n) is 8.27. The van der Waals surface area contributed by atoms with Gasteiger partial charge in [0.05, 0.1) is 0 Å². The van der Waals surface area contributed by atoms with E-state index in [0.29, 0.717) is 5.92 Å². The van der Waals surface area contributed by atoms with Crippen molar-refractivity contribution >= 4 is 0 Å². The van der Waals surface area contributed by atoms with Crippen molar-refractivity contribution in [3.8, 4) is 11.4 Å². The van der Waals surface area contributed by atoms with E-state index < -0.39 is 0 Å². The molecule has 1 aromatic carbocycles. The van der Waals surface area contributed by atoms with Gasteiger partial charge in [-0.3, -0.25) is 0 Å². The van der Waals surface area contributed by atoms with Gasteiger partial charge < -0.3 is 0 Å². The van der Waals surface area contributed by atoms with Gasteiger partial charge in [0.2, 0.25) is 0 Å². The van der Waals surface area contributed by atoms with E-state index in [1.54, 1.807) is 0 Å². The van der Waals surface area contributed by atoms with Crippen LogP contribution in [0.2, 0.25) is 0 Å². The van der Waals surface area contributed by atoms with Crippen LogP contribution in [0.25, 0.3) is 11.4 Å². The third kappa shape index (κ3) is 5.96. The topological polar surface area (TPSA) is 25.8 Å². The Balaban J connectivity index is 1.30. The van der Waals surface area contributed by atoms with E-state index in [0.717, 1.165) is 29.1 Å². The second kappa shape index (κ2) is 11.2. The van der Waals surface area contributed by atoms with Crippen LogP contribution in [0.1, 0.15) is 120 Å². The number of nitrogens with zero attached hydrogens (tertiary/aromatic N) is 2. The zero-order valence-corrected chi connectivity index (χ0v) is 19.9. The van der Waals surface area contributed by atoms with Crippen molar-refractivity contribution in [1.29, 1.82) is 0 Å². The van der Waals surface area contributed by atoms with Gasteiger partial charge in [0, 0.05) is 18.0 Å². The van der Waals surface area contributed by atoms with Gasteiger partial charge in [-0.15, -0.1) is 0 Å². The minimum Gasteiger partial charge on any atom is -0.236 e. The maximum absolute atomic E-state index is 4.76. The van der Waals surface area contributed by atoms with Crippen molar-refractivity contribution in [3.05, 3.63) is 47.8 Å². The molecule has 0 atom stereocenters. The Morgan fingerprint density at radius 1 is 0.677 bits per heavy atom. The fraction of sp³-hybridized carbons (Fsp3) is 0.655. The molecule has 0 spiro atoms. The summed E-state index contributed by atoms with van der Waals surface area (Å²) in [6, 6.07) is 9.11. The van der Waals surface area contributed by atoms with Gasteiger partial charge in [0.1, 0.15) is 0 Å². The molecule has 0 N–H and O–H groups in total. The van der Waals surface area contributed by atoms with E-state index in [9.17, 15) is 0 Å². The Labute approximate surface area is 190 Å². The lowest BCUT2D eigenvalue weighted by molar-refractivity contribution is 0.302. The third-order valence-corrected chi connectivity index (χ3v) is 8.27. The zero-order chi connectivity index (χ0) is 21.5. The predicted octanol–water partition coefficient (Wildman–Crippen LogP) is 8.68. The fourth-order valence-corrected chi connectivity index (χ4v) is 5.97. The minimum atomic E-state index is 0.664. The molecule has 4 rings (SSSR count). The zero-order valence-electron chi connectivity index (χ0n) is 19.9. The number of hydrogen-bond donors (Lipinski definition) is 0. The lowest BCUT2D eigenvalue weighted by Gasteiger charge is -2.28. The van der Waals surface area contributed by atoms with Gasteiger partial charge in [-0.2, -0.15) is 0 Å². The van der Waals surface area contributed by atoms with Gasteiger partial charge in [-0.1, -0.05) is 70.2 Å². The second-order valence-corrected chi connectivity index (χ2v) is 10.3. The first-order valence-corrected chi connectivity index (χ1v) is 13.2. The summed E-state index contributed by atoms with van der Waals surface area (Å²) in [5.41, 5.74) is 4.00. The van der Waals surface area contributed by atoms with Crippen molar-refractivity contribution in [2.24, 2.45) is 11.8 Å². The van der Waals surface area contributed by atoms with E-state index in [1.807, 2.05) is 0 Å². The Bertz CT molecular complexity index is 763. The van der Waals surface area contributed by atoms with E-state index in [1.165, 1.54) is 94.6 Å². The molecule has 168 valence electrons. The van der Waals surface area contributed by atoms with Crippen LogP contribution >= 0.6 is 0 Å². The molecular weight excluding hydrogens is 376 g/mol. The van der Waals surface area contributed by atoms with Crippen LogP contribution < -0.4 is 0 Å². The van der Waals surface area contributed by atoms with Crippen LogP contribution in [-0.4, -0.2) is 9.97 Å². The number of rotatable bonds is 8. The molecule has 0 aliphatic heterocycles. The lowest BCUT2D eigenvalue weighted by Crippen LogP contribution is -2.14. The molecule has 0 amide bonds. The lowest BCUT2D eigenvalue weighted by atomic mass is 9.77. The van der Waals surface area contributed by atoms with Gasteiger partial charge >= 0.3 is 0 Å². The molecule has 2 fully saturated rings. The number of benzene rings is 1. The fourth-order valence-electron chi connectivity index (χ4n) is 5.97. The van der Waals surface area contributed by atoms with Crippen LogP contribution in [0.4, 0.5) is 0 Å². The van der Waals surface area contributed by atoms with E-state index >= 15 is 0 Å². The average molecular weight is 419 g/mol. The van der Waals surface area contributed by atoms with Gasteiger partial charge in [-0.25, -0.2) is 9.97 Å². The molecule has 2 aromatic rings. The second-order valence-electron chi connectivity index (χ2n) is 10.3. The molecule has 0 unspecified atom stereocenters. The highest BCUT2D eigenvalue weighted by atomic mass is 14.9. The van der Waals surface area contributed by atoms with Crippen LogP contribution in [0, 0.1) is 11.8 Å². The standard InChI is InChI=1S/C29H42N2/c1-3-5-6-7-23-10-14-26(15-11-23)28-20-30-29(31-21-28)27-18-16-25(17-19-27)24-12-8-22(4-2)9-13-24/h16-24,26H,3-15H2,1-2H3/t22-,23-,24-,26-. The van der Waals surface area contributed by atoms with Crippen molar-refractivity contribution < 1.29 is 0 Å². The highest BCUT2D eigenvalue weighted by Crippen LogP contribution is 2.38. The molecule has 1 heterocycles. The molecule has 2 aliphatic carbocycles. The average Bonchev–Trinajstić information content (AvgIpc) is 2.85. The molecule has 0 saturated heterocycles. The summed E-state index contributed by atoms with van der Waals surface area (Å²) in [4.78, 5) is 9.51. The molecule has 0 bridgehead atoms. The Morgan fingerprint density at radius 2 is 1.26 bits per heavy atom. The molecule has 2 nitrogen and oxygen atoms in total. The molecule has 31 heavy (non-hydrogen) atoms. The summed E-state index contributed by atoms with van der Waals surface area (Å²) < 4.78 is 0. The van der Waals surface area contributed by atoms with Crippen molar-refractivity contribution in [2.45, 2.75) is 109 Å². The highest BCUT2D eigenvalue weighted by molar-refractivity contribution is 5.55. The van der Waals surface area contributed by atoms with E-state index in [2.05, 4.69) is 50.5 Å². The van der Waals surface area contributed by atoms with Gasteiger partial charge in [0.15, 0.2) is 5.82 Å². The van der Waals surface area contributed by atoms with E-state index in [-0.39, 0.29) is 0 Å². The van der Waals surface area contributed by atoms with Crippen molar-refractivity contribution in [1.82, 2.24) is 9.97 Å². The molecule has 2 aliphatic rings. The first kappa shape index (κ1) is 22.5. The van der Waals surface area contributed by atoms with E-state index in [4.69, 9.17) is 9.97 Å². The summed E-state index contributed by atoms with van der Waals surface area (Å²) >= 11 is 0. The summed E-state index contributed by atoms with van der Waals surface area (Å²) in [5.74, 6) is 4.20. The molecular formula is C29H42N2. The maximum Gasteiger partial charge on any atom is 0.159 e. The van der Waals surface area contributed by atoms with Crippen molar-refractivity contribution in [3.63, 3.8) is 0 Å². The Morgan fingerprint density at radius 3 is 1.84 bits per heavy atom. The van der Waals surface area contributed by atoms with Gasteiger partial charge in [0.25, 0.3) is 0 Å². The van der Waals surface area contributed by atoms with Crippen LogP contribution in [-0.2, 0) is 0 Å². The molecule has 2 heteroatoms. The summed E-state index contributed by atoms with van der Waals surface area (Å²) in [5, 5.41) is 0. The Hall–Kier alpha value is -1.70. The SMILES string of the molecule is CCCCC[C@H]1CC[C@H](c2cnc(-c3ccc([C@H]4CC[C@H](CC)CC4)cc3)nc2)CC1.